The van der Waals surface area contributed by atoms with Crippen molar-refractivity contribution in [1.82, 2.24) is 0 Å². The molecule has 112 valence electrons. The Bertz CT molecular complexity index is 436. The van der Waals surface area contributed by atoms with Gasteiger partial charge < -0.3 is 35.0 Å². The Balaban J connectivity index is 2.15. The summed E-state index contributed by atoms with van der Waals surface area (Å²) in [6.07, 6.45) is -6.67. The molecule has 1 fully saturated rings. The summed E-state index contributed by atoms with van der Waals surface area (Å²) in [7, 11) is 0. The van der Waals surface area contributed by atoms with Crippen LogP contribution in [0.25, 0.3) is 0 Å². The topological polar surface area (TPSA) is 120 Å². The van der Waals surface area contributed by atoms with Crippen molar-refractivity contribution >= 4 is 0 Å². The third-order valence-corrected chi connectivity index (χ3v) is 3.23. The smallest absolute Gasteiger partial charge is 0.229 e. The zero-order valence-electron chi connectivity index (χ0n) is 10.7. The van der Waals surface area contributed by atoms with E-state index in [0.717, 1.165) is 0 Å². The van der Waals surface area contributed by atoms with E-state index in [1.165, 1.54) is 0 Å². The average molecular weight is 286 g/mol. The molecule has 1 aliphatic heterocycles. The number of rotatable bonds is 4. The lowest BCUT2D eigenvalue weighted by atomic mass is 9.99. The number of ether oxygens (including phenoxy) is 2. The first-order valence-corrected chi connectivity index (χ1v) is 6.24. The van der Waals surface area contributed by atoms with Gasteiger partial charge >= 0.3 is 0 Å². The summed E-state index contributed by atoms with van der Waals surface area (Å²) in [5, 5.41) is 47.4. The largest absolute Gasteiger partial charge is 0.462 e. The lowest BCUT2D eigenvalue weighted by molar-refractivity contribution is -0.277. The van der Waals surface area contributed by atoms with Crippen LogP contribution < -0.4 is 4.74 Å². The molecule has 0 bridgehead atoms. The van der Waals surface area contributed by atoms with Crippen LogP contribution in [-0.4, -0.2) is 62.8 Å². The Kier molecular flexibility index (Phi) is 4.92. The first kappa shape index (κ1) is 15.2. The fraction of sp³-hybridized carbons (Fsp3) is 0.538. The molecule has 0 radical (unpaired) electrons. The summed E-state index contributed by atoms with van der Waals surface area (Å²) in [5.74, 6) is 0.291. The highest BCUT2D eigenvalue weighted by atomic mass is 16.7. The number of aliphatic hydroxyl groups excluding tert-OH is 5. The van der Waals surface area contributed by atoms with Crippen LogP contribution in [0.3, 0.4) is 0 Å². The van der Waals surface area contributed by atoms with Crippen LogP contribution in [0.4, 0.5) is 0 Å². The third-order valence-electron chi connectivity index (χ3n) is 3.23. The summed E-state index contributed by atoms with van der Waals surface area (Å²) in [5.41, 5.74) is 0.490. The van der Waals surface area contributed by atoms with Gasteiger partial charge in [-0.3, -0.25) is 0 Å². The highest BCUT2D eigenvalue weighted by molar-refractivity contribution is 5.32. The number of para-hydroxylation sites is 1. The van der Waals surface area contributed by atoms with Gasteiger partial charge in [0.25, 0.3) is 0 Å². The van der Waals surface area contributed by atoms with Gasteiger partial charge in [0, 0.05) is 5.56 Å². The second-order valence-electron chi connectivity index (χ2n) is 4.58. The van der Waals surface area contributed by atoms with E-state index in [9.17, 15) is 20.4 Å². The Hall–Kier alpha value is -1.22. The molecule has 0 spiro atoms. The minimum atomic E-state index is -1.49. The summed E-state index contributed by atoms with van der Waals surface area (Å²) in [4.78, 5) is 0. The molecule has 0 unspecified atom stereocenters. The molecule has 0 amide bonds. The molecule has 0 saturated carbocycles. The molecule has 1 saturated heterocycles. The van der Waals surface area contributed by atoms with Crippen molar-refractivity contribution in [3.63, 3.8) is 0 Å². The number of hydrogen-bond acceptors (Lipinski definition) is 7. The van der Waals surface area contributed by atoms with Crippen molar-refractivity contribution in [2.24, 2.45) is 0 Å². The molecule has 1 aromatic carbocycles. The minimum Gasteiger partial charge on any atom is -0.462 e. The summed E-state index contributed by atoms with van der Waals surface area (Å²) in [6, 6.07) is 6.61. The standard InChI is InChI=1S/C13H18O7/c14-5-7-3-1-2-4-8(7)19-13-12(18)11(17)10(16)9(6-15)20-13/h1-4,9-18H,5-6H2/t9-,10-,11+,12-,13+/m0/s1. The molecule has 2 rings (SSSR count). The first-order valence-electron chi connectivity index (χ1n) is 6.24. The second-order valence-corrected chi connectivity index (χ2v) is 4.58. The fourth-order valence-corrected chi connectivity index (χ4v) is 2.04. The SMILES string of the molecule is OCc1ccccc1O[C@@H]1O[C@@H](CO)[C@H](O)[C@@H](O)[C@@H]1O. The molecule has 7 heteroatoms. The second kappa shape index (κ2) is 6.49. The molecular formula is C13H18O7. The van der Waals surface area contributed by atoms with Crippen molar-refractivity contribution in [3.05, 3.63) is 29.8 Å². The number of hydrogen-bond donors (Lipinski definition) is 5. The molecule has 1 aromatic rings. The van der Waals surface area contributed by atoms with Gasteiger partial charge in [0.1, 0.15) is 30.2 Å². The monoisotopic (exact) mass is 286 g/mol. The molecule has 7 nitrogen and oxygen atoms in total. The molecule has 0 aliphatic carbocycles. The average Bonchev–Trinajstić information content (AvgIpc) is 2.48. The summed E-state index contributed by atoms with van der Waals surface area (Å²) in [6.45, 7) is -0.778. The molecule has 1 heterocycles. The molecule has 0 aromatic heterocycles. The van der Waals surface area contributed by atoms with Crippen LogP contribution in [0, 0.1) is 0 Å². The van der Waals surface area contributed by atoms with Crippen LogP contribution in [0.15, 0.2) is 24.3 Å². The van der Waals surface area contributed by atoms with Gasteiger partial charge in [0.05, 0.1) is 13.2 Å². The lowest BCUT2D eigenvalue weighted by Crippen LogP contribution is -2.60. The van der Waals surface area contributed by atoms with Crippen molar-refractivity contribution in [2.45, 2.75) is 37.3 Å². The quantitative estimate of drug-likeness (QED) is 0.450. The first-order chi connectivity index (χ1) is 9.58. The Morgan fingerprint density at radius 3 is 2.35 bits per heavy atom. The van der Waals surface area contributed by atoms with Gasteiger partial charge in [-0.1, -0.05) is 18.2 Å². The maximum absolute atomic E-state index is 9.84. The van der Waals surface area contributed by atoms with Gasteiger partial charge in [0.2, 0.25) is 6.29 Å². The third kappa shape index (κ3) is 2.93. The van der Waals surface area contributed by atoms with Gasteiger partial charge in [-0.05, 0) is 6.07 Å². The van der Waals surface area contributed by atoms with E-state index < -0.39 is 37.3 Å². The Morgan fingerprint density at radius 2 is 1.70 bits per heavy atom. The lowest BCUT2D eigenvalue weighted by Gasteiger charge is -2.39. The fourth-order valence-electron chi connectivity index (χ4n) is 2.04. The van der Waals surface area contributed by atoms with Crippen LogP contribution in [0.5, 0.6) is 5.75 Å². The molecule has 20 heavy (non-hydrogen) atoms. The molecular weight excluding hydrogens is 268 g/mol. The Labute approximate surface area is 115 Å². The van der Waals surface area contributed by atoms with Gasteiger partial charge in [-0.15, -0.1) is 0 Å². The maximum Gasteiger partial charge on any atom is 0.229 e. The minimum absolute atomic E-state index is 0.256. The van der Waals surface area contributed by atoms with Crippen LogP contribution in [0.1, 0.15) is 5.56 Å². The maximum atomic E-state index is 9.84. The Morgan fingerprint density at radius 1 is 1.00 bits per heavy atom. The van der Waals surface area contributed by atoms with Crippen LogP contribution in [0.2, 0.25) is 0 Å². The predicted octanol–water partition coefficient (Wildman–Crippen LogP) is -1.64. The van der Waals surface area contributed by atoms with Gasteiger partial charge in [-0.25, -0.2) is 0 Å². The number of aliphatic hydroxyl groups is 5. The van der Waals surface area contributed by atoms with E-state index in [-0.39, 0.29) is 6.61 Å². The van der Waals surface area contributed by atoms with Crippen molar-refractivity contribution in [3.8, 4) is 5.75 Å². The highest BCUT2D eigenvalue weighted by Gasteiger charge is 2.44. The predicted molar refractivity (Wildman–Crippen MR) is 66.8 cm³/mol. The normalized spacial score (nSPS) is 34.0. The molecule has 5 N–H and O–H groups in total. The highest BCUT2D eigenvalue weighted by Crippen LogP contribution is 2.26. The van der Waals surface area contributed by atoms with Gasteiger partial charge in [0.15, 0.2) is 0 Å². The summed E-state index contributed by atoms with van der Waals surface area (Å²) < 4.78 is 10.6. The van der Waals surface area contributed by atoms with E-state index in [0.29, 0.717) is 11.3 Å². The number of benzene rings is 1. The van der Waals surface area contributed by atoms with E-state index >= 15 is 0 Å². The molecule has 1 aliphatic rings. The zero-order valence-corrected chi connectivity index (χ0v) is 10.7. The zero-order chi connectivity index (χ0) is 14.7. The van der Waals surface area contributed by atoms with E-state index in [2.05, 4.69) is 0 Å². The van der Waals surface area contributed by atoms with Crippen molar-refractivity contribution in [2.75, 3.05) is 6.61 Å². The molecule has 5 atom stereocenters. The van der Waals surface area contributed by atoms with Crippen molar-refractivity contribution in [1.29, 1.82) is 0 Å². The van der Waals surface area contributed by atoms with Gasteiger partial charge in [-0.2, -0.15) is 0 Å². The van der Waals surface area contributed by atoms with E-state index in [1.54, 1.807) is 24.3 Å². The van der Waals surface area contributed by atoms with E-state index in [1.807, 2.05) is 0 Å². The van der Waals surface area contributed by atoms with Crippen molar-refractivity contribution < 1.29 is 35.0 Å². The van der Waals surface area contributed by atoms with Crippen LogP contribution in [-0.2, 0) is 11.3 Å². The van der Waals surface area contributed by atoms with E-state index in [4.69, 9.17) is 14.6 Å². The summed E-state index contributed by atoms with van der Waals surface area (Å²) >= 11 is 0. The van der Waals surface area contributed by atoms with Crippen LogP contribution >= 0.6 is 0 Å².